The van der Waals surface area contributed by atoms with E-state index in [0.29, 0.717) is 36.0 Å². The SMILES string of the molecule is CCONC(=O)c1ccc(OCc2c(C)noc2C)c(OC)c1. The lowest BCUT2D eigenvalue weighted by Crippen LogP contribution is -2.23. The molecule has 2 rings (SSSR count). The predicted molar refractivity (Wildman–Crippen MR) is 82.4 cm³/mol. The lowest BCUT2D eigenvalue weighted by molar-refractivity contribution is 0.0364. The first-order chi connectivity index (χ1) is 11.1. The van der Waals surface area contributed by atoms with E-state index in [4.69, 9.17) is 18.8 Å². The molecule has 23 heavy (non-hydrogen) atoms. The molecule has 0 unspecified atom stereocenters. The Morgan fingerprint density at radius 2 is 2.09 bits per heavy atom. The van der Waals surface area contributed by atoms with Gasteiger partial charge >= 0.3 is 0 Å². The van der Waals surface area contributed by atoms with Gasteiger partial charge in [-0.3, -0.25) is 9.63 Å². The number of carbonyl (C=O) groups excluding carboxylic acids is 1. The van der Waals surface area contributed by atoms with E-state index < -0.39 is 0 Å². The lowest BCUT2D eigenvalue weighted by atomic mass is 10.2. The van der Waals surface area contributed by atoms with Crippen molar-refractivity contribution < 1.29 is 23.6 Å². The number of nitrogens with zero attached hydrogens (tertiary/aromatic N) is 1. The summed E-state index contributed by atoms with van der Waals surface area (Å²) in [6.07, 6.45) is 0. The normalized spacial score (nSPS) is 10.4. The molecule has 1 aromatic carbocycles. The Morgan fingerprint density at radius 1 is 1.30 bits per heavy atom. The maximum Gasteiger partial charge on any atom is 0.274 e. The molecule has 0 radical (unpaired) electrons. The summed E-state index contributed by atoms with van der Waals surface area (Å²) in [5.74, 6) is 1.36. The highest BCUT2D eigenvalue weighted by molar-refractivity contribution is 5.94. The van der Waals surface area contributed by atoms with Crippen molar-refractivity contribution in [2.45, 2.75) is 27.4 Å². The zero-order valence-electron chi connectivity index (χ0n) is 13.6. The molecule has 0 aliphatic carbocycles. The Hall–Kier alpha value is -2.54. The molecule has 1 aromatic heterocycles. The Kier molecular flexibility index (Phi) is 5.59. The Labute approximate surface area is 134 Å². The molecule has 0 bridgehead atoms. The molecular weight excluding hydrogens is 300 g/mol. The minimum absolute atomic E-state index is 0.308. The van der Waals surface area contributed by atoms with E-state index in [9.17, 15) is 4.79 Å². The van der Waals surface area contributed by atoms with Crippen molar-refractivity contribution in [3.05, 3.63) is 40.8 Å². The first kappa shape index (κ1) is 16.8. The van der Waals surface area contributed by atoms with E-state index in [0.717, 1.165) is 11.3 Å². The molecule has 0 saturated carbocycles. The fourth-order valence-corrected chi connectivity index (χ4v) is 1.98. The van der Waals surface area contributed by atoms with Crippen LogP contribution in [0, 0.1) is 13.8 Å². The van der Waals surface area contributed by atoms with Crippen molar-refractivity contribution in [1.29, 1.82) is 0 Å². The summed E-state index contributed by atoms with van der Waals surface area (Å²) in [6.45, 7) is 6.17. The summed E-state index contributed by atoms with van der Waals surface area (Å²) in [6, 6.07) is 4.91. The van der Waals surface area contributed by atoms with E-state index in [-0.39, 0.29) is 5.91 Å². The first-order valence-electron chi connectivity index (χ1n) is 7.21. The summed E-state index contributed by atoms with van der Waals surface area (Å²) in [7, 11) is 1.52. The molecule has 7 nitrogen and oxygen atoms in total. The highest BCUT2D eigenvalue weighted by atomic mass is 16.6. The van der Waals surface area contributed by atoms with Crippen LogP contribution < -0.4 is 15.0 Å². The highest BCUT2D eigenvalue weighted by Gasteiger charge is 2.14. The molecule has 1 amide bonds. The Bertz CT molecular complexity index is 662. The van der Waals surface area contributed by atoms with Crippen LogP contribution in [0.15, 0.2) is 22.7 Å². The Balaban J connectivity index is 2.12. The molecule has 1 heterocycles. The minimum atomic E-state index is -0.345. The van der Waals surface area contributed by atoms with Crippen LogP contribution in [0.3, 0.4) is 0 Å². The average molecular weight is 320 g/mol. The second-order valence-corrected chi connectivity index (χ2v) is 4.82. The number of benzene rings is 1. The largest absolute Gasteiger partial charge is 0.493 e. The van der Waals surface area contributed by atoms with Crippen molar-refractivity contribution in [2.75, 3.05) is 13.7 Å². The number of hydrogen-bond donors (Lipinski definition) is 1. The van der Waals surface area contributed by atoms with E-state index in [1.54, 1.807) is 25.1 Å². The first-order valence-corrected chi connectivity index (χ1v) is 7.21. The van der Waals surface area contributed by atoms with Gasteiger partial charge in [-0.1, -0.05) is 5.16 Å². The van der Waals surface area contributed by atoms with E-state index >= 15 is 0 Å². The Morgan fingerprint density at radius 3 is 2.70 bits per heavy atom. The number of ether oxygens (including phenoxy) is 2. The summed E-state index contributed by atoms with van der Waals surface area (Å²) < 4.78 is 16.1. The number of amides is 1. The van der Waals surface area contributed by atoms with Crippen molar-refractivity contribution in [1.82, 2.24) is 10.6 Å². The quantitative estimate of drug-likeness (QED) is 0.790. The van der Waals surface area contributed by atoms with E-state index in [1.807, 2.05) is 13.8 Å². The molecule has 1 N–H and O–H groups in total. The number of methoxy groups -OCH3 is 1. The number of carbonyl (C=O) groups is 1. The van der Waals surface area contributed by atoms with E-state index in [1.165, 1.54) is 7.11 Å². The molecule has 0 aliphatic heterocycles. The van der Waals surface area contributed by atoms with Crippen LogP contribution in [0.2, 0.25) is 0 Å². The number of hydrogen-bond acceptors (Lipinski definition) is 6. The maximum atomic E-state index is 11.9. The summed E-state index contributed by atoms with van der Waals surface area (Å²) in [5.41, 5.74) is 4.43. The van der Waals surface area contributed by atoms with Crippen LogP contribution in [0.4, 0.5) is 0 Å². The minimum Gasteiger partial charge on any atom is -0.493 e. The van der Waals surface area contributed by atoms with Crippen LogP contribution in [-0.4, -0.2) is 24.8 Å². The number of rotatable bonds is 7. The second-order valence-electron chi connectivity index (χ2n) is 4.82. The molecule has 0 saturated heterocycles. The third kappa shape index (κ3) is 4.01. The third-order valence-corrected chi connectivity index (χ3v) is 3.29. The molecular formula is C16H20N2O5. The molecule has 0 fully saturated rings. The fourth-order valence-electron chi connectivity index (χ4n) is 1.98. The van der Waals surface area contributed by atoms with Gasteiger partial charge in [-0.15, -0.1) is 0 Å². The van der Waals surface area contributed by atoms with Crippen LogP contribution >= 0.6 is 0 Å². The number of aromatic nitrogens is 1. The van der Waals surface area contributed by atoms with Gasteiger partial charge in [0.2, 0.25) is 0 Å². The molecule has 0 aliphatic rings. The van der Waals surface area contributed by atoms with Crippen LogP contribution in [0.1, 0.15) is 34.3 Å². The summed E-state index contributed by atoms with van der Waals surface area (Å²) in [5, 5.41) is 3.88. The molecule has 124 valence electrons. The van der Waals surface area contributed by atoms with Gasteiger partial charge in [0.25, 0.3) is 5.91 Å². The van der Waals surface area contributed by atoms with Crippen molar-refractivity contribution >= 4 is 5.91 Å². The summed E-state index contributed by atoms with van der Waals surface area (Å²) in [4.78, 5) is 16.8. The van der Waals surface area contributed by atoms with Crippen molar-refractivity contribution in [3.8, 4) is 11.5 Å². The lowest BCUT2D eigenvalue weighted by Gasteiger charge is -2.12. The number of hydroxylamine groups is 1. The zero-order valence-corrected chi connectivity index (χ0v) is 13.6. The van der Waals surface area contributed by atoms with E-state index in [2.05, 4.69) is 10.6 Å². The van der Waals surface area contributed by atoms with Gasteiger partial charge in [0.05, 0.1) is 25.0 Å². The average Bonchev–Trinajstić information content (AvgIpc) is 2.88. The predicted octanol–water partition coefficient (Wildman–Crippen LogP) is 2.56. The van der Waals surface area contributed by atoms with Gasteiger partial charge in [0.1, 0.15) is 12.4 Å². The van der Waals surface area contributed by atoms with Crippen molar-refractivity contribution in [2.24, 2.45) is 0 Å². The van der Waals surface area contributed by atoms with Gasteiger partial charge in [0.15, 0.2) is 11.5 Å². The maximum absolute atomic E-state index is 11.9. The third-order valence-electron chi connectivity index (χ3n) is 3.29. The van der Waals surface area contributed by atoms with Crippen molar-refractivity contribution in [3.63, 3.8) is 0 Å². The monoisotopic (exact) mass is 320 g/mol. The van der Waals surface area contributed by atoms with Crippen LogP contribution in [0.5, 0.6) is 11.5 Å². The number of aryl methyl sites for hydroxylation is 2. The smallest absolute Gasteiger partial charge is 0.274 e. The standard InChI is InChI=1S/C16H20N2O5/c1-5-22-18-16(19)12-6-7-14(15(8-12)20-4)21-9-13-10(2)17-23-11(13)3/h6-8H,5,9H2,1-4H3,(H,18,19). The van der Waals surface area contributed by atoms with Gasteiger partial charge < -0.3 is 14.0 Å². The van der Waals surface area contributed by atoms with Crippen LogP contribution in [0.25, 0.3) is 0 Å². The van der Waals surface area contributed by atoms with Crippen LogP contribution in [-0.2, 0) is 11.4 Å². The zero-order chi connectivity index (χ0) is 16.8. The van der Waals surface area contributed by atoms with Gasteiger partial charge in [-0.05, 0) is 39.0 Å². The second kappa shape index (κ2) is 7.64. The topological polar surface area (TPSA) is 82.8 Å². The molecule has 7 heteroatoms. The highest BCUT2D eigenvalue weighted by Crippen LogP contribution is 2.29. The van der Waals surface area contributed by atoms with Gasteiger partial charge in [0, 0.05) is 5.56 Å². The van der Waals surface area contributed by atoms with Gasteiger partial charge in [-0.25, -0.2) is 5.48 Å². The van der Waals surface area contributed by atoms with Gasteiger partial charge in [-0.2, -0.15) is 0 Å². The number of nitrogens with one attached hydrogen (secondary N) is 1. The molecule has 0 spiro atoms. The molecule has 0 atom stereocenters. The fraction of sp³-hybridized carbons (Fsp3) is 0.375. The molecule has 2 aromatic rings. The summed E-state index contributed by atoms with van der Waals surface area (Å²) >= 11 is 0.